The number of nitrogens with one attached hydrogen (secondary N) is 2. The summed E-state index contributed by atoms with van der Waals surface area (Å²) in [7, 11) is 1.72. The summed E-state index contributed by atoms with van der Waals surface area (Å²) in [5, 5.41) is 6.65. The summed E-state index contributed by atoms with van der Waals surface area (Å²) in [5.74, 6) is 0.270. The van der Waals surface area contributed by atoms with Crippen LogP contribution < -0.4 is 10.6 Å². The smallest absolute Gasteiger partial charge is 0.226 e. The molecule has 5 heteroatoms. The van der Waals surface area contributed by atoms with Gasteiger partial charge in [-0.1, -0.05) is 19.8 Å². The van der Waals surface area contributed by atoms with Crippen molar-refractivity contribution in [3.8, 4) is 0 Å². The monoisotopic (exact) mass is 318 g/mol. The summed E-state index contributed by atoms with van der Waals surface area (Å²) >= 11 is 0. The van der Waals surface area contributed by atoms with E-state index in [1.54, 1.807) is 7.11 Å². The minimum atomic E-state index is -0.153. The van der Waals surface area contributed by atoms with Gasteiger partial charge in [0.2, 0.25) is 5.91 Å². The molecular formula is C16H31ClN2O2. The van der Waals surface area contributed by atoms with Crippen molar-refractivity contribution in [2.45, 2.75) is 51.9 Å². The summed E-state index contributed by atoms with van der Waals surface area (Å²) in [6.07, 6.45) is 7.59. The summed E-state index contributed by atoms with van der Waals surface area (Å²) in [4.78, 5) is 12.7. The van der Waals surface area contributed by atoms with Crippen LogP contribution in [0.5, 0.6) is 0 Å². The molecule has 0 atom stereocenters. The Morgan fingerprint density at radius 2 is 1.81 bits per heavy atom. The fourth-order valence-electron chi connectivity index (χ4n) is 3.63. The van der Waals surface area contributed by atoms with Gasteiger partial charge in [0.15, 0.2) is 0 Å². The van der Waals surface area contributed by atoms with E-state index in [0.717, 1.165) is 51.7 Å². The summed E-state index contributed by atoms with van der Waals surface area (Å²) in [6, 6.07) is 0. The van der Waals surface area contributed by atoms with Gasteiger partial charge in [-0.3, -0.25) is 4.79 Å². The van der Waals surface area contributed by atoms with Gasteiger partial charge >= 0.3 is 0 Å². The lowest BCUT2D eigenvalue weighted by Crippen LogP contribution is -2.47. The van der Waals surface area contributed by atoms with E-state index in [1.807, 2.05) is 0 Å². The molecule has 1 heterocycles. The second kappa shape index (κ2) is 8.35. The molecule has 2 aliphatic rings. The minimum absolute atomic E-state index is 0. The molecule has 1 saturated heterocycles. The number of amides is 1. The molecule has 0 spiro atoms. The van der Waals surface area contributed by atoms with Gasteiger partial charge in [0.05, 0.1) is 5.41 Å². The van der Waals surface area contributed by atoms with Gasteiger partial charge in [-0.05, 0) is 50.6 Å². The van der Waals surface area contributed by atoms with Crippen LogP contribution in [0.2, 0.25) is 0 Å². The molecule has 21 heavy (non-hydrogen) atoms. The molecule has 1 aliphatic heterocycles. The van der Waals surface area contributed by atoms with Gasteiger partial charge in [0.25, 0.3) is 0 Å². The van der Waals surface area contributed by atoms with Crippen molar-refractivity contribution >= 4 is 18.3 Å². The Kier molecular flexibility index (Phi) is 7.45. The van der Waals surface area contributed by atoms with Crippen LogP contribution in [-0.2, 0) is 9.53 Å². The van der Waals surface area contributed by atoms with Gasteiger partial charge in [-0.25, -0.2) is 0 Å². The van der Waals surface area contributed by atoms with Crippen molar-refractivity contribution < 1.29 is 9.53 Å². The number of piperidine rings is 1. The number of hydrogen-bond acceptors (Lipinski definition) is 3. The lowest BCUT2D eigenvalue weighted by atomic mass is 9.79. The van der Waals surface area contributed by atoms with E-state index in [4.69, 9.17) is 4.74 Å². The van der Waals surface area contributed by atoms with E-state index in [1.165, 1.54) is 12.8 Å². The number of rotatable bonds is 6. The summed E-state index contributed by atoms with van der Waals surface area (Å²) in [5.41, 5.74) is 0.112. The second-order valence-corrected chi connectivity index (χ2v) is 6.97. The maximum Gasteiger partial charge on any atom is 0.226 e. The Labute approximate surface area is 135 Å². The quantitative estimate of drug-likeness (QED) is 0.791. The molecule has 2 rings (SSSR count). The van der Waals surface area contributed by atoms with Crippen molar-refractivity contribution in [1.29, 1.82) is 0 Å². The van der Waals surface area contributed by atoms with E-state index in [2.05, 4.69) is 17.6 Å². The highest BCUT2D eigenvalue weighted by Crippen LogP contribution is 2.41. The third kappa shape index (κ3) is 4.83. The van der Waals surface area contributed by atoms with Crippen molar-refractivity contribution in [3.05, 3.63) is 0 Å². The average molecular weight is 319 g/mol. The average Bonchev–Trinajstić information content (AvgIpc) is 2.93. The number of hydrogen-bond donors (Lipinski definition) is 2. The SMILES string of the molecule is COCCC1(C(=O)NCC2(C)CCNCC2)CCCC1.Cl. The highest BCUT2D eigenvalue weighted by atomic mass is 35.5. The van der Waals surface area contributed by atoms with Crippen LogP contribution in [-0.4, -0.2) is 39.3 Å². The molecule has 1 aliphatic carbocycles. The Bertz CT molecular complexity index is 324. The predicted molar refractivity (Wildman–Crippen MR) is 87.9 cm³/mol. The zero-order valence-corrected chi connectivity index (χ0v) is 14.3. The van der Waals surface area contributed by atoms with Crippen LogP contribution in [0.25, 0.3) is 0 Å². The van der Waals surface area contributed by atoms with E-state index in [0.29, 0.717) is 6.61 Å². The molecule has 0 aromatic rings. The van der Waals surface area contributed by atoms with Crippen LogP contribution >= 0.6 is 12.4 Å². The first-order chi connectivity index (χ1) is 9.60. The largest absolute Gasteiger partial charge is 0.385 e. The molecule has 0 bridgehead atoms. The van der Waals surface area contributed by atoms with E-state index >= 15 is 0 Å². The van der Waals surface area contributed by atoms with E-state index < -0.39 is 0 Å². The van der Waals surface area contributed by atoms with E-state index in [9.17, 15) is 4.79 Å². The van der Waals surface area contributed by atoms with Crippen LogP contribution in [0.15, 0.2) is 0 Å². The minimum Gasteiger partial charge on any atom is -0.385 e. The third-order valence-corrected chi connectivity index (χ3v) is 5.31. The van der Waals surface area contributed by atoms with Crippen LogP contribution in [0, 0.1) is 10.8 Å². The first-order valence-electron chi connectivity index (χ1n) is 8.08. The number of carbonyl (C=O) groups excluding carboxylic acids is 1. The maximum absolute atomic E-state index is 12.7. The van der Waals surface area contributed by atoms with Gasteiger partial charge in [0, 0.05) is 20.3 Å². The standard InChI is InChI=1S/C16H30N2O2.ClH/c1-15(7-10-17-11-8-15)13-18-14(19)16(9-12-20-2)5-3-4-6-16;/h17H,3-13H2,1-2H3,(H,18,19);1H. The summed E-state index contributed by atoms with van der Waals surface area (Å²) in [6.45, 7) is 5.95. The van der Waals surface area contributed by atoms with Crippen molar-refractivity contribution in [1.82, 2.24) is 10.6 Å². The highest BCUT2D eigenvalue weighted by Gasteiger charge is 2.41. The predicted octanol–water partition coefficient (Wildman–Crippen LogP) is 2.51. The Morgan fingerprint density at radius 1 is 1.19 bits per heavy atom. The molecular weight excluding hydrogens is 288 g/mol. The van der Waals surface area contributed by atoms with Crippen LogP contribution in [0.4, 0.5) is 0 Å². The van der Waals surface area contributed by atoms with Crippen molar-refractivity contribution in [2.24, 2.45) is 10.8 Å². The Morgan fingerprint density at radius 3 is 2.38 bits per heavy atom. The molecule has 1 amide bonds. The molecule has 2 N–H and O–H groups in total. The van der Waals surface area contributed by atoms with Gasteiger partial charge < -0.3 is 15.4 Å². The molecule has 1 saturated carbocycles. The molecule has 0 aromatic carbocycles. The molecule has 2 fully saturated rings. The number of methoxy groups -OCH3 is 1. The van der Waals surface area contributed by atoms with Gasteiger partial charge in [-0.2, -0.15) is 0 Å². The molecule has 4 nitrogen and oxygen atoms in total. The Hall–Kier alpha value is -0.320. The van der Waals surface area contributed by atoms with Crippen molar-refractivity contribution in [3.63, 3.8) is 0 Å². The first kappa shape index (κ1) is 18.7. The molecule has 0 unspecified atom stereocenters. The van der Waals surface area contributed by atoms with Gasteiger partial charge in [-0.15, -0.1) is 12.4 Å². The fourth-order valence-corrected chi connectivity index (χ4v) is 3.63. The molecule has 0 radical (unpaired) electrons. The van der Waals surface area contributed by atoms with Crippen LogP contribution in [0.3, 0.4) is 0 Å². The van der Waals surface area contributed by atoms with Crippen molar-refractivity contribution in [2.75, 3.05) is 33.4 Å². The third-order valence-electron chi connectivity index (χ3n) is 5.31. The lowest BCUT2D eigenvalue weighted by molar-refractivity contribution is -0.132. The van der Waals surface area contributed by atoms with E-state index in [-0.39, 0.29) is 29.1 Å². The van der Waals surface area contributed by atoms with Gasteiger partial charge in [0.1, 0.15) is 0 Å². The van der Waals surface area contributed by atoms with Crippen LogP contribution in [0.1, 0.15) is 51.9 Å². The number of halogens is 1. The second-order valence-electron chi connectivity index (χ2n) is 6.97. The number of carbonyl (C=O) groups is 1. The first-order valence-corrected chi connectivity index (χ1v) is 8.08. The summed E-state index contributed by atoms with van der Waals surface area (Å²) < 4.78 is 5.20. The maximum atomic E-state index is 12.7. The highest BCUT2D eigenvalue weighted by molar-refractivity contribution is 5.85. The normalized spacial score (nSPS) is 23.3. The zero-order chi connectivity index (χ0) is 14.5. The Balaban J connectivity index is 0.00000220. The lowest BCUT2D eigenvalue weighted by Gasteiger charge is -2.36. The topological polar surface area (TPSA) is 50.4 Å². The fraction of sp³-hybridized carbons (Fsp3) is 0.938. The molecule has 0 aromatic heterocycles. The number of ether oxygens (including phenoxy) is 1. The zero-order valence-electron chi connectivity index (χ0n) is 13.5. The molecule has 124 valence electrons.